The lowest BCUT2D eigenvalue weighted by Crippen LogP contribution is -2.44. The Hall–Kier alpha value is -0.570. The monoisotopic (exact) mass is 185 g/mol. The topological polar surface area (TPSA) is 49.3 Å². The predicted molar refractivity (Wildman–Crippen MR) is 51.3 cm³/mol. The number of amides is 1. The SMILES string of the molecule is CCCC(=O)NC1CCCCC1O. The first-order chi connectivity index (χ1) is 6.24. The number of hydrogen-bond acceptors (Lipinski definition) is 2. The van der Waals surface area contributed by atoms with Crippen LogP contribution in [0, 0.1) is 0 Å². The van der Waals surface area contributed by atoms with Gasteiger partial charge in [-0.3, -0.25) is 4.79 Å². The number of aliphatic hydroxyl groups is 1. The number of hydrogen-bond donors (Lipinski definition) is 2. The van der Waals surface area contributed by atoms with Crippen molar-refractivity contribution in [3.8, 4) is 0 Å². The van der Waals surface area contributed by atoms with Crippen molar-refractivity contribution in [1.29, 1.82) is 0 Å². The Balaban J connectivity index is 2.29. The Morgan fingerprint density at radius 1 is 1.46 bits per heavy atom. The molecule has 1 aliphatic carbocycles. The average molecular weight is 185 g/mol. The molecule has 3 nitrogen and oxygen atoms in total. The molecule has 13 heavy (non-hydrogen) atoms. The molecule has 2 unspecified atom stereocenters. The van der Waals surface area contributed by atoms with Crippen LogP contribution < -0.4 is 5.32 Å². The second-order valence-corrected chi connectivity index (χ2v) is 3.78. The van der Waals surface area contributed by atoms with E-state index in [9.17, 15) is 9.90 Å². The predicted octanol–water partition coefficient (Wildman–Crippen LogP) is 1.21. The molecule has 1 amide bonds. The van der Waals surface area contributed by atoms with Crippen LogP contribution in [0.4, 0.5) is 0 Å². The van der Waals surface area contributed by atoms with E-state index < -0.39 is 0 Å². The maximum atomic E-state index is 11.2. The molecule has 2 N–H and O–H groups in total. The van der Waals surface area contributed by atoms with E-state index in [2.05, 4.69) is 5.32 Å². The van der Waals surface area contributed by atoms with Gasteiger partial charge >= 0.3 is 0 Å². The van der Waals surface area contributed by atoms with Gasteiger partial charge in [-0.25, -0.2) is 0 Å². The zero-order valence-corrected chi connectivity index (χ0v) is 8.25. The van der Waals surface area contributed by atoms with Gasteiger partial charge < -0.3 is 10.4 Å². The van der Waals surface area contributed by atoms with Gasteiger partial charge in [-0.05, 0) is 19.3 Å². The van der Waals surface area contributed by atoms with Crippen molar-refractivity contribution in [3.63, 3.8) is 0 Å². The molecule has 1 saturated carbocycles. The minimum absolute atomic E-state index is 0.00722. The van der Waals surface area contributed by atoms with Crippen LogP contribution in [0.2, 0.25) is 0 Å². The summed E-state index contributed by atoms with van der Waals surface area (Å²) >= 11 is 0. The van der Waals surface area contributed by atoms with Crippen LogP contribution in [0.25, 0.3) is 0 Å². The Morgan fingerprint density at radius 2 is 2.15 bits per heavy atom. The van der Waals surface area contributed by atoms with Crippen molar-refractivity contribution in [2.75, 3.05) is 0 Å². The summed E-state index contributed by atoms with van der Waals surface area (Å²) in [5, 5.41) is 12.5. The molecule has 3 heteroatoms. The normalized spacial score (nSPS) is 28.5. The number of nitrogens with one attached hydrogen (secondary N) is 1. The minimum atomic E-state index is -0.324. The van der Waals surface area contributed by atoms with Gasteiger partial charge in [0.2, 0.25) is 5.91 Å². The fourth-order valence-corrected chi connectivity index (χ4v) is 1.79. The summed E-state index contributed by atoms with van der Waals surface area (Å²) in [4.78, 5) is 11.2. The minimum Gasteiger partial charge on any atom is -0.391 e. The van der Waals surface area contributed by atoms with E-state index in [-0.39, 0.29) is 18.1 Å². The molecule has 0 spiro atoms. The summed E-state index contributed by atoms with van der Waals surface area (Å²) in [6.07, 6.45) is 5.08. The van der Waals surface area contributed by atoms with Gasteiger partial charge in [0.1, 0.15) is 0 Å². The third kappa shape index (κ3) is 3.35. The number of rotatable bonds is 3. The molecule has 1 fully saturated rings. The third-order valence-electron chi connectivity index (χ3n) is 2.55. The van der Waals surface area contributed by atoms with Crippen molar-refractivity contribution in [1.82, 2.24) is 5.32 Å². The zero-order valence-electron chi connectivity index (χ0n) is 8.25. The van der Waals surface area contributed by atoms with Crippen LogP contribution in [0.5, 0.6) is 0 Å². The van der Waals surface area contributed by atoms with Gasteiger partial charge in [0.15, 0.2) is 0 Å². The van der Waals surface area contributed by atoms with Gasteiger partial charge in [-0.15, -0.1) is 0 Å². The second kappa shape index (κ2) is 5.22. The van der Waals surface area contributed by atoms with E-state index in [0.717, 1.165) is 32.1 Å². The molecule has 0 bridgehead atoms. The molecule has 0 aromatic carbocycles. The van der Waals surface area contributed by atoms with E-state index in [1.54, 1.807) is 0 Å². The summed E-state index contributed by atoms with van der Waals surface area (Å²) in [5.74, 6) is 0.0773. The van der Waals surface area contributed by atoms with Crippen molar-refractivity contribution in [3.05, 3.63) is 0 Å². The Kier molecular flexibility index (Phi) is 4.22. The van der Waals surface area contributed by atoms with E-state index in [1.807, 2.05) is 6.92 Å². The van der Waals surface area contributed by atoms with Crippen LogP contribution in [0.1, 0.15) is 45.4 Å². The van der Waals surface area contributed by atoms with E-state index in [0.29, 0.717) is 6.42 Å². The Morgan fingerprint density at radius 3 is 2.77 bits per heavy atom. The van der Waals surface area contributed by atoms with Crippen molar-refractivity contribution in [2.45, 2.75) is 57.6 Å². The summed E-state index contributed by atoms with van der Waals surface area (Å²) in [7, 11) is 0. The standard InChI is InChI=1S/C10H19NO2/c1-2-5-10(13)11-8-6-3-4-7-9(8)12/h8-9,12H,2-7H2,1H3,(H,11,13). The highest BCUT2D eigenvalue weighted by Crippen LogP contribution is 2.18. The molecular weight excluding hydrogens is 166 g/mol. The van der Waals surface area contributed by atoms with Gasteiger partial charge in [-0.1, -0.05) is 19.8 Å². The highest BCUT2D eigenvalue weighted by molar-refractivity contribution is 5.76. The fourth-order valence-electron chi connectivity index (χ4n) is 1.79. The van der Waals surface area contributed by atoms with E-state index >= 15 is 0 Å². The van der Waals surface area contributed by atoms with Gasteiger partial charge in [0.25, 0.3) is 0 Å². The van der Waals surface area contributed by atoms with Crippen LogP contribution >= 0.6 is 0 Å². The first-order valence-corrected chi connectivity index (χ1v) is 5.21. The summed E-state index contributed by atoms with van der Waals surface area (Å²) in [6.45, 7) is 1.98. The van der Waals surface area contributed by atoms with Gasteiger partial charge in [0.05, 0.1) is 12.1 Å². The molecule has 0 radical (unpaired) electrons. The maximum Gasteiger partial charge on any atom is 0.220 e. The highest BCUT2D eigenvalue weighted by Gasteiger charge is 2.23. The molecule has 0 aliphatic heterocycles. The lowest BCUT2D eigenvalue weighted by Gasteiger charge is -2.28. The van der Waals surface area contributed by atoms with Crippen molar-refractivity contribution >= 4 is 5.91 Å². The number of carbonyl (C=O) groups excluding carboxylic acids is 1. The fraction of sp³-hybridized carbons (Fsp3) is 0.900. The number of aliphatic hydroxyl groups excluding tert-OH is 1. The zero-order chi connectivity index (χ0) is 9.68. The summed E-state index contributed by atoms with van der Waals surface area (Å²) in [6, 6.07) is 0.00722. The highest BCUT2D eigenvalue weighted by atomic mass is 16.3. The molecule has 1 rings (SSSR count). The lowest BCUT2D eigenvalue weighted by molar-refractivity contribution is -0.123. The number of carbonyl (C=O) groups is 1. The molecule has 0 aromatic rings. The summed E-state index contributed by atoms with van der Waals surface area (Å²) in [5.41, 5.74) is 0. The molecule has 0 heterocycles. The smallest absolute Gasteiger partial charge is 0.220 e. The molecular formula is C10H19NO2. The first kappa shape index (κ1) is 10.5. The Labute approximate surface area is 79.5 Å². The van der Waals surface area contributed by atoms with Crippen LogP contribution in [0.15, 0.2) is 0 Å². The first-order valence-electron chi connectivity index (χ1n) is 5.21. The molecule has 2 atom stereocenters. The lowest BCUT2D eigenvalue weighted by atomic mass is 9.92. The molecule has 0 saturated heterocycles. The quantitative estimate of drug-likeness (QED) is 0.694. The molecule has 1 aliphatic rings. The van der Waals surface area contributed by atoms with Crippen molar-refractivity contribution in [2.24, 2.45) is 0 Å². The van der Waals surface area contributed by atoms with Crippen LogP contribution in [-0.2, 0) is 4.79 Å². The largest absolute Gasteiger partial charge is 0.391 e. The molecule has 0 aromatic heterocycles. The Bertz CT molecular complexity index is 170. The van der Waals surface area contributed by atoms with Crippen molar-refractivity contribution < 1.29 is 9.90 Å². The second-order valence-electron chi connectivity index (χ2n) is 3.78. The van der Waals surface area contributed by atoms with Crippen LogP contribution in [0.3, 0.4) is 0 Å². The maximum absolute atomic E-state index is 11.2. The average Bonchev–Trinajstić information content (AvgIpc) is 2.09. The van der Waals surface area contributed by atoms with Gasteiger partial charge in [0, 0.05) is 6.42 Å². The van der Waals surface area contributed by atoms with Crippen LogP contribution in [-0.4, -0.2) is 23.2 Å². The summed E-state index contributed by atoms with van der Waals surface area (Å²) < 4.78 is 0. The van der Waals surface area contributed by atoms with E-state index in [1.165, 1.54) is 0 Å². The molecule has 76 valence electrons. The van der Waals surface area contributed by atoms with Gasteiger partial charge in [-0.2, -0.15) is 0 Å². The van der Waals surface area contributed by atoms with E-state index in [4.69, 9.17) is 0 Å². The third-order valence-corrected chi connectivity index (χ3v) is 2.55.